The van der Waals surface area contributed by atoms with E-state index < -0.39 is 10.0 Å². The summed E-state index contributed by atoms with van der Waals surface area (Å²) in [4.78, 5) is 16.2. The van der Waals surface area contributed by atoms with Crippen LogP contribution in [0.2, 0.25) is 0 Å². The van der Waals surface area contributed by atoms with Crippen molar-refractivity contribution in [3.05, 3.63) is 54.1 Å². The zero-order chi connectivity index (χ0) is 20.7. The normalized spacial score (nSPS) is 16.8. The van der Waals surface area contributed by atoms with Crippen LogP contribution in [0.1, 0.15) is 18.4 Å². The van der Waals surface area contributed by atoms with Gasteiger partial charge in [-0.1, -0.05) is 0 Å². The molecule has 8 nitrogen and oxygen atoms in total. The van der Waals surface area contributed by atoms with Crippen LogP contribution in [0.3, 0.4) is 0 Å². The molecule has 9 heteroatoms. The number of nitrogens with zero attached hydrogens (tertiary/aromatic N) is 1. The van der Waals surface area contributed by atoms with Crippen molar-refractivity contribution in [3.63, 3.8) is 0 Å². The van der Waals surface area contributed by atoms with E-state index in [1.165, 1.54) is 12.1 Å². The monoisotopic (exact) mass is 417 g/mol. The lowest BCUT2D eigenvalue weighted by atomic mass is 10.2. The molecule has 0 aromatic heterocycles. The second-order valence-corrected chi connectivity index (χ2v) is 8.16. The minimum atomic E-state index is -3.71. The predicted octanol–water partition coefficient (Wildman–Crippen LogP) is 1.76. The summed E-state index contributed by atoms with van der Waals surface area (Å²) in [5.74, 6) is 0.390. The third-order valence-electron chi connectivity index (χ3n) is 4.33. The van der Waals surface area contributed by atoms with Gasteiger partial charge in [-0.2, -0.15) is 0 Å². The molecule has 1 saturated heterocycles. The molecule has 1 atom stereocenters. The Kier molecular flexibility index (Phi) is 6.97. The van der Waals surface area contributed by atoms with E-state index in [0.29, 0.717) is 18.0 Å². The highest BCUT2D eigenvalue weighted by Gasteiger charge is 2.16. The lowest BCUT2D eigenvalue weighted by Gasteiger charge is -2.11. The van der Waals surface area contributed by atoms with Gasteiger partial charge in [0.25, 0.3) is 5.91 Å². The number of aliphatic imine (C=N–C) groups is 1. The molecule has 3 rings (SSSR count). The average Bonchev–Trinajstić information content (AvgIpc) is 3.23. The molecule has 29 heavy (non-hydrogen) atoms. The Morgan fingerprint density at radius 3 is 2.55 bits per heavy atom. The van der Waals surface area contributed by atoms with Crippen molar-refractivity contribution in [2.24, 2.45) is 10.1 Å². The Labute approximate surface area is 169 Å². The molecule has 154 valence electrons. The van der Waals surface area contributed by atoms with Gasteiger partial charge in [0.05, 0.1) is 16.7 Å². The van der Waals surface area contributed by atoms with Gasteiger partial charge in [0.15, 0.2) is 6.61 Å². The number of sulfonamides is 1. The van der Waals surface area contributed by atoms with Gasteiger partial charge in [-0.15, -0.1) is 0 Å². The number of primary sulfonamides is 1. The van der Waals surface area contributed by atoms with Gasteiger partial charge in [0.1, 0.15) is 5.75 Å². The number of carbonyl (C=O) groups is 1. The number of rotatable bonds is 8. The first-order valence-corrected chi connectivity index (χ1v) is 10.7. The van der Waals surface area contributed by atoms with E-state index in [1.807, 2.05) is 12.1 Å². The van der Waals surface area contributed by atoms with E-state index in [4.69, 9.17) is 14.6 Å². The van der Waals surface area contributed by atoms with Crippen LogP contribution in [0.4, 0.5) is 5.69 Å². The molecule has 1 heterocycles. The van der Waals surface area contributed by atoms with Crippen molar-refractivity contribution < 1.29 is 22.7 Å². The predicted molar refractivity (Wildman–Crippen MR) is 109 cm³/mol. The number of amides is 1. The highest BCUT2D eigenvalue weighted by Crippen LogP contribution is 2.16. The summed E-state index contributed by atoms with van der Waals surface area (Å²) in [6.45, 7) is 1.21. The Bertz CT molecular complexity index is 951. The minimum absolute atomic E-state index is 0.0396. The van der Waals surface area contributed by atoms with Crippen LogP contribution in [-0.4, -0.2) is 46.4 Å². The van der Waals surface area contributed by atoms with Crippen molar-refractivity contribution in [2.45, 2.75) is 23.8 Å². The Morgan fingerprint density at radius 1 is 1.21 bits per heavy atom. The summed E-state index contributed by atoms with van der Waals surface area (Å²) in [6.07, 6.45) is 3.76. The third-order valence-corrected chi connectivity index (χ3v) is 5.26. The number of nitrogens with two attached hydrogens (primary N) is 1. The zero-order valence-corrected chi connectivity index (χ0v) is 16.6. The number of ether oxygens (including phenoxy) is 2. The summed E-state index contributed by atoms with van der Waals surface area (Å²) >= 11 is 0. The number of benzene rings is 2. The summed E-state index contributed by atoms with van der Waals surface area (Å²) in [5.41, 5.74) is 1.43. The maximum atomic E-state index is 11.8. The van der Waals surface area contributed by atoms with Crippen molar-refractivity contribution in [1.82, 2.24) is 5.32 Å². The second kappa shape index (κ2) is 9.64. The molecule has 0 spiro atoms. The van der Waals surface area contributed by atoms with Gasteiger partial charge in [0.2, 0.25) is 10.0 Å². The number of hydrogen-bond acceptors (Lipinski definition) is 6. The quantitative estimate of drug-likeness (QED) is 0.634. The molecule has 2 aromatic carbocycles. The SMILES string of the molecule is NS(=O)(=O)c1ccc(N=Cc2ccc(OCC(=O)NC[C@@H]3CCCO3)cc2)cc1. The van der Waals surface area contributed by atoms with E-state index in [0.717, 1.165) is 25.0 Å². The number of hydrogen-bond donors (Lipinski definition) is 2. The first kappa shape index (κ1) is 21.0. The summed E-state index contributed by atoms with van der Waals surface area (Å²) in [6, 6.07) is 13.1. The van der Waals surface area contributed by atoms with Crippen molar-refractivity contribution >= 4 is 27.8 Å². The van der Waals surface area contributed by atoms with Crippen LogP contribution in [0.25, 0.3) is 0 Å². The fraction of sp³-hybridized carbons (Fsp3) is 0.300. The molecule has 1 amide bonds. The van der Waals surface area contributed by atoms with Crippen LogP contribution in [0, 0.1) is 0 Å². The molecule has 0 aliphatic carbocycles. The summed E-state index contributed by atoms with van der Waals surface area (Å²) in [7, 11) is -3.71. The molecular formula is C20H23N3O5S. The fourth-order valence-electron chi connectivity index (χ4n) is 2.75. The maximum Gasteiger partial charge on any atom is 0.258 e. The average molecular weight is 417 g/mol. The van der Waals surface area contributed by atoms with Crippen LogP contribution in [0.5, 0.6) is 5.75 Å². The van der Waals surface area contributed by atoms with Crippen LogP contribution in [0.15, 0.2) is 58.4 Å². The first-order valence-electron chi connectivity index (χ1n) is 9.18. The van der Waals surface area contributed by atoms with E-state index in [2.05, 4.69) is 10.3 Å². The van der Waals surface area contributed by atoms with Crippen molar-refractivity contribution in [3.8, 4) is 5.75 Å². The Hall–Kier alpha value is -2.75. The van der Waals surface area contributed by atoms with E-state index >= 15 is 0 Å². The molecule has 0 bridgehead atoms. The van der Waals surface area contributed by atoms with E-state index in [1.54, 1.807) is 30.5 Å². The van der Waals surface area contributed by atoms with Gasteiger partial charge >= 0.3 is 0 Å². The fourth-order valence-corrected chi connectivity index (χ4v) is 3.27. The Balaban J connectivity index is 1.46. The highest BCUT2D eigenvalue weighted by atomic mass is 32.2. The van der Waals surface area contributed by atoms with Gasteiger partial charge in [0, 0.05) is 19.4 Å². The number of carbonyl (C=O) groups excluding carboxylic acids is 1. The molecular weight excluding hydrogens is 394 g/mol. The molecule has 1 aliphatic rings. The minimum Gasteiger partial charge on any atom is -0.484 e. The first-order chi connectivity index (χ1) is 13.9. The van der Waals surface area contributed by atoms with Gasteiger partial charge in [-0.05, 0) is 66.9 Å². The lowest BCUT2D eigenvalue weighted by Crippen LogP contribution is -2.35. The summed E-state index contributed by atoms with van der Waals surface area (Å²) < 4.78 is 33.4. The van der Waals surface area contributed by atoms with E-state index in [9.17, 15) is 13.2 Å². The highest BCUT2D eigenvalue weighted by molar-refractivity contribution is 7.89. The molecule has 0 unspecified atom stereocenters. The molecule has 1 fully saturated rings. The third kappa shape index (κ3) is 6.67. The van der Waals surface area contributed by atoms with Crippen molar-refractivity contribution in [1.29, 1.82) is 0 Å². The molecule has 1 aliphatic heterocycles. The van der Waals surface area contributed by atoms with Crippen LogP contribution < -0.4 is 15.2 Å². The zero-order valence-electron chi connectivity index (χ0n) is 15.8. The lowest BCUT2D eigenvalue weighted by molar-refractivity contribution is -0.123. The van der Waals surface area contributed by atoms with E-state index in [-0.39, 0.29) is 23.5 Å². The topological polar surface area (TPSA) is 120 Å². The smallest absolute Gasteiger partial charge is 0.258 e. The summed E-state index contributed by atoms with van der Waals surface area (Å²) in [5, 5.41) is 7.87. The van der Waals surface area contributed by atoms with Gasteiger partial charge < -0.3 is 14.8 Å². The molecule has 3 N–H and O–H groups in total. The van der Waals surface area contributed by atoms with Crippen LogP contribution in [-0.2, 0) is 19.6 Å². The maximum absolute atomic E-state index is 11.8. The van der Waals surface area contributed by atoms with Gasteiger partial charge in [-0.25, -0.2) is 13.6 Å². The van der Waals surface area contributed by atoms with Crippen LogP contribution >= 0.6 is 0 Å². The largest absolute Gasteiger partial charge is 0.484 e. The standard InChI is InChI=1S/C20H23N3O5S/c21-29(25,26)19-9-5-16(6-10-19)22-12-15-3-7-17(8-4-15)28-14-20(24)23-13-18-2-1-11-27-18/h3-10,12,18H,1-2,11,13-14H2,(H,23,24)(H2,21,25,26)/t18-/m0/s1. The molecule has 0 saturated carbocycles. The van der Waals surface area contributed by atoms with Gasteiger partial charge in [-0.3, -0.25) is 9.79 Å². The molecule has 2 aromatic rings. The number of nitrogens with one attached hydrogen (secondary N) is 1. The molecule has 0 radical (unpaired) electrons. The van der Waals surface area contributed by atoms with Crippen molar-refractivity contribution in [2.75, 3.05) is 19.8 Å². The Morgan fingerprint density at radius 2 is 1.93 bits per heavy atom. The second-order valence-electron chi connectivity index (χ2n) is 6.59.